The van der Waals surface area contributed by atoms with Gasteiger partial charge in [-0.1, -0.05) is 36.4 Å². The number of ether oxygens (including phenoxy) is 1. The maximum atomic E-state index is 12.7. The summed E-state index contributed by atoms with van der Waals surface area (Å²) in [6, 6.07) is 15.6. The highest BCUT2D eigenvalue weighted by Gasteiger charge is 2.33. The van der Waals surface area contributed by atoms with Crippen LogP contribution < -0.4 is 10.1 Å². The lowest BCUT2D eigenvalue weighted by Crippen LogP contribution is -2.25. The topological polar surface area (TPSA) is 94.8 Å². The molecule has 9 heteroatoms. The van der Waals surface area contributed by atoms with Crippen molar-refractivity contribution in [2.75, 3.05) is 12.4 Å². The number of carbonyl (C=O) groups is 1. The maximum Gasteiger partial charge on any atom is 0.272 e. The Labute approximate surface area is 192 Å². The molecule has 0 unspecified atom stereocenters. The molecule has 1 amide bonds. The molecule has 4 aromatic rings. The standard InChI is InChI=1S/C23H19BrN6O2/c1-13-21-16(15-8-9-19(32-2)17(24)10-15)11-20(31)27-22(21)30(29-13)23-26-18(12-25-28-23)14-6-4-3-5-7-14/h3-10,12,16H,11H2,1-2H3,(H,27,31)/t16-/m0/s1. The van der Waals surface area contributed by atoms with E-state index in [0.29, 0.717) is 23.9 Å². The van der Waals surface area contributed by atoms with Crippen LogP contribution in [0.25, 0.3) is 17.2 Å². The number of hydrogen-bond donors (Lipinski definition) is 1. The molecule has 0 saturated carbocycles. The first-order chi connectivity index (χ1) is 15.5. The number of aryl methyl sites for hydroxylation is 1. The van der Waals surface area contributed by atoms with Gasteiger partial charge in [-0.05, 0) is 40.5 Å². The van der Waals surface area contributed by atoms with Crippen LogP contribution in [0.3, 0.4) is 0 Å². The summed E-state index contributed by atoms with van der Waals surface area (Å²) in [7, 11) is 1.62. The number of amides is 1. The Kier molecular flexibility index (Phi) is 5.18. The predicted octanol–water partition coefficient (Wildman–Crippen LogP) is 4.28. The van der Waals surface area contributed by atoms with Crippen LogP contribution in [-0.2, 0) is 4.79 Å². The van der Waals surface area contributed by atoms with Crippen LogP contribution in [0.4, 0.5) is 5.82 Å². The van der Waals surface area contributed by atoms with Gasteiger partial charge in [-0.3, -0.25) is 4.79 Å². The van der Waals surface area contributed by atoms with Gasteiger partial charge in [0.1, 0.15) is 11.6 Å². The Morgan fingerprint density at radius 3 is 2.75 bits per heavy atom. The molecule has 0 saturated heterocycles. The van der Waals surface area contributed by atoms with Gasteiger partial charge in [0.15, 0.2) is 0 Å². The van der Waals surface area contributed by atoms with Crippen molar-refractivity contribution in [2.45, 2.75) is 19.3 Å². The first-order valence-corrected chi connectivity index (χ1v) is 10.8. The Morgan fingerprint density at radius 1 is 1.19 bits per heavy atom. The van der Waals surface area contributed by atoms with Gasteiger partial charge in [0.25, 0.3) is 5.95 Å². The minimum absolute atomic E-state index is 0.0947. The summed E-state index contributed by atoms with van der Waals surface area (Å²) in [6.45, 7) is 1.92. The molecule has 8 nitrogen and oxygen atoms in total. The zero-order chi connectivity index (χ0) is 22.2. The Bertz CT molecular complexity index is 1320. The first-order valence-electron chi connectivity index (χ1n) is 10.0. The van der Waals surface area contributed by atoms with Gasteiger partial charge < -0.3 is 10.1 Å². The van der Waals surface area contributed by atoms with Crippen LogP contribution in [0.1, 0.15) is 29.2 Å². The zero-order valence-corrected chi connectivity index (χ0v) is 19.0. The van der Waals surface area contributed by atoms with Crippen molar-refractivity contribution >= 4 is 27.7 Å². The SMILES string of the molecule is COc1ccc([C@@H]2CC(=O)Nc3c2c(C)nn3-c2nncc(-c3ccccc3)n2)cc1Br. The smallest absolute Gasteiger partial charge is 0.272 e. The molecule has 1 aliphatic heterocycles. The molecule has 0 aliphatic carbocycles. The fraction of sp³-hybridized carbons (Fsp3) is 0.174. The summed E-state index contributed by atoms with van der Waals surface area (Å²) in [6.07, 6.45) is 1.93. The van der Waals surface area contributed by atoms with Gasteiger partial charge in [-0.25, -0.2) is 4.98 Å². The van der Waals surface area contributed by atoms with Crippen molar-refractivity contribution < 1.29 is 9.53 Å². The van der Waals surface area contributed by atoms with Crippen LogP contribution in [-0.4, -0.2) is 38.0 Å². The van der Waals surface area contributed by atoms with Crippen molar-refractivity contribution in [1.29, 1.82) is 0 Å². The van der Waals surface area contributed by atoms with E-state index in [2.05, 4.69) is 41.5 Å². The highest BCUT2D eigenvalue weighted by molar-refractivity contribution is 9.10. The van der Waals surface area contributed by atoms with Crippen LogP contribution in [0, 0.1) is 6.92 Å². The summed E-state index contributed by atoms with van der Waals surface area (Å²) >= 11 is 3.54. The van der Waals surface area contributed by atoms with E-state index in [0.717, 1.165) is 32.6 Å². The molecule has 0 fully saturated rings. The fourth-order valence-corrected chi connectivity index (χ4v) is 4.57. The molecule has 1 aliphatic rings. The number of fused-ring (bicyclic) bond motifs is 1. The number of nitrogens with zero attached hydrogens (tertiary/aromatic N) is 5. The van der Waals surface area contributed by atoms with Gasteiger partial charge in [0, 0.05) is 23.5 Å². The Balaban J connectivity index is 1.61. The number of carbonyl (C=O) groups excluding carboxylic acids is 1. The number of rotatable bonds is 4. The molecule has 0 spiro atoms. The molecule has 2 aromatic heterocycles. The molecule has 0 bridgehead atoms. The van der Waals surface area contributed by atoms with Crippen molar-refractivity contribution in [3.05, 3.63) is 76.0 Å². The van der Waals surface area contributed by atoms with E-state index in [1.54, 1.807) is 18.0 Å². The van der Waals surface area contributed by atoms with E-state index in [1.165, 1.54) is 0 Å². The predicted molar refractivity (Wildman–Crippen MR) is 123 cm³/mol. The van der Waals surface area contributed by atoms with E-state index in [9.17, 15) is 4.79 Å². The van der Waals surface area contributed by atoms with Gasteiger partial charge in [-0.2, -0.15) is 14.9 Å². The maximum absolute atomic E-state index is 12.7. The Morgan fingerprint density at radius 2 is 2.00 bits per heavy atom. The van der Waals surface area contributed by atoms with Crippen LogP contribution in [0.2, 0.25) is 0 Å². The third kappa shape index (κ3) is 3.54. The molecule has 1 atom stereocenters. The fourth-order valence-electron chi connectivity index (χ4n) is 4.01. The molecule has 2 aromatic carbocycles. The van der Waals surface area contributed by atoms with Crippen molar-refractivity contribution in [2.24, 2.45) is 0 Å². The number of methoxy groups -OCH3 is 1. The molecule has 160 valence electrons. The lowest BCUT2D eigenvalue weighted by molar-refractivity contribution is -0.116. The van der Waals surface area contributed by atoms with Crippen molar-refractivity contribution in [1.82, 2.24) is 25.0 Å². The third-order valence-electron chi connectivity index (χ3n) is 5.49. The van der Waals surface area contributed by atoms with Gasteiger partial charge in [-0.15, -0.1) is 5.10 Å². The van der Waals surface area contributed by atoms with E-state index >= 15 is 0 Å². The molecule has 0 radical (unpaired) electrons. The average Bonchev–Trinajstić information content (AvgIpc) is 3.15. The van der Waals surface area contributed by atoms with Crippen molar-refractivity contribution in [3.8, 4) is 23.0 Å². The second-order valence-electron chi connectivity index (χ2n) is 7.47. The molecule has 3 heterocycles. The largest absolute Gasteiger partial charge is 0.496 e. The number of halogens is 1. The minimum atomic E-state index is -0.153. The molecule has 1 N–H and O–H groups in total. The van der Waals surface area contributed by atoms with Gasteiger partial charge >= 0.3 is 0 Å². The van der Waals surface area contributed by atoms with E-state index in [4.69, 9.17) is 4.74 Å². The molecular weight excluding hydrogens is 472 g/mol. The van der Waals surface area contributed by atoms with Crippen LogP contribution in [0.15, 0.2) is 59.2 Å². The number of benzene rings is 2. The molecule has 5 rings (SSSR count). The highest BCUT2D eigenvalue weighted by Crippen LogP contribution is 2.41. The zero-order valence-electron chi connectivity index (χ0n) is 17.4. The second-order valence-corrected chi connectivity index (χ2v) is 8.32. The molecule has 32 heavy (non-hydrogen) atoms. The number of hydrogen-bond acceptors (Lipinski definition) is 6. The summed E-state index contributed by atoms with van der Waals surface area (Å²) in [5, 5.41) is 15.9. The number of aromatic nitrogens is 5. The average molecular weight is 491 g/mol. The summed E-state index contributed by atoms with van der Waals surface area (Å²) < 4.78 is 7.74. The summed E-state index contributed by atoms with van der Waals surface area (Å²) in [5.74, 6) is 1.36. The van der Waals surface area contributed by atoms with Gasteiger partial charge in [0.2, 0.25) is 5.91 Å². The Hall–Kier alpha value is -3.59. The summed E-state index contributed by atoms with van der Waals surface area (Å²) in [5.41, 5.74) is 4.33. The first kappa shape index (κ1) is 20.3. The van der Waals surface area contributed by atoms with Crippen LogP contribution >= 0.6 is 15.9 Å². The lowest BCUT2D eigenvalue weighted by Gasteiger charge is -2.24. The number of anilines is 1. The summed E-state index contributed by atoms with van der Waals surface area (Å²) in [4.78, 5) is 17.3. The molecular formula is C23H19BrN6O2. The lowest BCUT2D eigenvalue weighted by atomic mass is 9.86. The van der Waals surface area contributed by atoms with E-state index in [1.807, 2.05) is 55.5 Å². The third-order valence-corrected chi connectivity index (χ3v) is 6.11. The normalized spacial score (nSPS) is 15.2. The van der Waals surface area contributed by atoms with E-state index < -0.39 is 0 Å². The quantitative estimate of drug-likeness (QED) is 0.458. The number of nitrogens with one attached hydrogen (secondary N) is 1. The minimum Gasteiger partial charge on any atom is -0.496 e. The van der Waals surface area contributed by atoms with Crippen LogP contribution in [0.5, 0.6) is 5.75 Å². The monoisotopic (exact) mass is 490 g/mol. The van der Waals surface area contributed by atoms with Gasteiger partial charge in [0.05, 0.1) is 29.2 Å². The highest BCUT2D eigenvalue weighted by atomic mass is 79.9. The van der Waals surface area contributed by atoms with Crippen molar-refractivity contribution in [3.63, 3.8) is 0 Å². The van der Waals surface area contributed by atoms with E-state index in [-0.39, 0.29) is 11.8 Å². The second kappa shape index (κ2) is 8.16.